The molecule has 0 radical (unpaired) electrons. The van der Waals surface area contributed by atoms with Crippen LogP contribution in [0.1, 0.15) is 26.2 Å². The SMILES string of the molecule is CCCCCNc1nnnc2ccccc12. The Morgan fingerprint density at radius 2 is 2.00 bits per heavy atom. The number of hydrogen-bond acceptors (Lipinski definition) is 4. The minimum atomic E-state index is 0.835. The molecule has 1 heterocycles. The highest BCUT2D eigenvalue weighted by molar-refractivity contribution is 5.88. The van der Waals surface area contributed by atoms with Crippen LogP contribution in [0.25, 0.3) is 10.9 Å². The first kappa shape index (κ1) is 10.8. The lowest BCUT2D eigenvalue weighted by Gasteiger charge is -2.06. The van der Waals surface area contributed by atoms with Gasteiger partial charge in [-0.25, -0.2) is 0 Å². The zero-order valence-electron chi connectivity index (χ0n) is 9.48. The summed E-state index contributed by atoms with van der Waals surface area (Å²) in [6, 6.07) is 7.90. The molecule has 4 nitrogen and oxygen atoms in total. The fraction of sp³-hybridized carbons (Fsp3) is 0.417. The summed E-state index contributed by atoms with van der Waals surface area (Å²) in [6.07, 6.45) is 3.63. The summed E-state index contributed by atoms with van der Waals surface area (Å²) in [5.74, 6) is 0.835. The molecule has 0 aliphatic carbocycles. The predicted octanol–water partition coefficient (Wildman–Crippen LogP) is 2.63. The second kappa shape index (κ2) is 5.39. The minimum absolute atomic E-state index is 0.835. The lowest BCUT2D eigenvalue weighted by molar-refractivity contribution is 0.740. The number of fused-ring (bicyclic) bond motifs is 1. The van der Waals surface area contributed by atoms with Gasteiger partial charge >= 0.3 is 0 Å². The molecule has 0 saturated carbocycles. The van der Waals surface area contributed by atoms with E-state index in [2.05, 4.69) is 27.7 Å². The molecule has 0 aliphatic rings. The van der Waals surface area contributed by atoms with E-state index in [0.717, 1.165) is 29.7 Å². The zero-order valence-corrected chi connectivity index (χ0v) is 9.48. The maximum atomic E-state index is 4.03. The molecule has 0 fully saturated rings. The van der Waals surface area contributed by atoms with E-state index >= 15 is 0 Å². The predicted molar refractivity (Wildman–Crippen MR) is 65.3 cm³/mol. The fourth-order valence-electron chi connectivity index (χ4n) is 1.64. The van der Waals surface area contributed by atoms with Gasteiger partial charge in [-0.2, -0.15) is 0 Å². The number of nitrogens with one attached hydrogen (secondary N) is 1. The number of nitrogens with zero attached hydrogens (tertiary/aromatic N) is 3. The molecule has 0 unspecified atom stereocenters. The lowest BCUT2D eigenvalue weighted by atomic mass is 10.2. The summed E-state index contributed by atoms with van der Waals surface area (Å²) < 4.78 is 0. The summed E-state index contributed by atoms with van der Waals surface area (Å²) in [5, 5.41) is 16.1. The van der Waals surface area contributed by atoms with Gasteiger partial charge in [-0.3, -0.25) is 0 Å². The summed E-state index contributed by atoms with van der Waals surface area (Å²) in [5.41, 5.74) is 0.885. The summed E-state index contributed by atoms with van der Waals surface area (Å²) in [7, 11) is 0. The second-order valence-corrected chi connectivity index (χ2v) is 3.79. The smallest absolute Gasteiger partial charge is 0.160 e. The van der Waals surface area contributed by atoms with Crippen LogP contribution in [0.15, 0.2) is 24.3 Å². The van der Waals surface area contributed by atoms with Gasteiger partial charge in [0.05, 0.1) is 5.52 Å². The minimum Gasteiger partial charge on any atom is -0.368 e. The Kier molecular flexibility index (Phi) is 3.64. The standard InChI is InChI=1S/C12H16N4/c1-2-3-6-9-13-12-10-7-4-5-8-11(10)14-16-15-12/h4-5,7-8H,2-3,6,9H2,1H3,(H,13,14,15). The molecule has 0 bridgehead atoms. The zero-order chi connectivity index (χ0) is 11.2. The van der Waals surface area contributed by atoms with Crippen LogP contribution < -0.4 is 5.32 Å². The molecule has 1 aromatic heterocycles. The van der Waals surface area contributed by atoms with Gasteiger partial charge in [0, 0.05) is 11.9 Å². The van der Waals surface area contributed by atoms with E-state index < -0.39 is 0 Å². The van der Waals surface area contributed by atoms with Crippen LogP contribution in [-0.2, 0) is 0 Å². The van der Waals surface area contributed by atoms with Crippen molar-refractivity contribution in [1.82, 2.24) is 15.4 Å². The Morgan fingerprint density at radius 1 is 1.12 bits per heavy atom. The Labute approximate surface area is 95.1 Å². The van der Waals surface area contributed by atoms with E-state index in [4.69, 9.17) is 0 Å². The monoisotopic (exact) mass is 216 g/mol. The van der Waals surface area contributed by atoms with Crippen LogP contribution >= 0.6 is 0 Å². The van der Waals surface area contributed by atoms with Gasteiger partial charge in [0.15, 0.2) is 5.82 Å². The van der Waals surface area contributed by atoms with Crippen LogP contribution in [0.2, 0.25) is 0 Å². The highest BCUT2D eigenvalue weighted by Gasteiger charge is 2.02. The number of anilines is 1. The molecule has 0 atom stereocenters. The maximum absolute atomic E-state index is 4.03. The Hall–Kier alpha value is -1.71. The highest BCUT2D eigenvalue weighted by Crippen LogP contribution is 2.17. The molecular formula is C12H16N4. The van der Waals surface area contributed by atoms with Crippen LogP contribution in [0, 0.1) is 0 Å². The van der Waals surface area contributed by atoms with Crippen molar-refractivity contribution >= 4 is 16.7 Å². The summed E-state index contributed by atoms with van der Waals surface area (Å²) in [6.45, 7) is 3.14. The molecule has 84 valence electrons. The first-order valence-corrected chi connectivity index (χ1v) is 5.74. The van der Waals surface area contributed by atoms with Crippen molar-refractivity contribution in [2.75, 3.05) is 11.9 Å². The van der Waals surface area contributed by atoms with Crippen LogP contribution in [0.4, 0.5) is 5.82 Å². The molecule has 4 heteroatoms. The molecule has 2 rings (SSSR count). The number of benzene rings is 1. The topological polar surface area (TPSA) is 50.7 Å². The van der Waals surface area contributed by atoms with Crippen molar-refractivity contribution in [3.05, 3.63) is 24.3 Å². The number of unbranched alkanes of at least 4 members (excludes halogenated alkanes) is 2. The van der Waals surface area contributed by atoms with E-state index in [9.17, 15) is 0 Å². The number of aromatic nitrogens is 3. The van der Waals surface area contributed by atoms with Crippen LogP contribution in [-0.4, -0.2) is 22.0 Å². The molecule has 1 aromatic carbocycles. The van der Waals surface area contributed by atoms with E-state index in [-0.39, 0.29) is 0 Å². The molecular weight excluding hydrogens is 200 g/mol. The van der Waals surface area contributed by atoms with Crippen molar-refractivity contribution in [1.29, 1.82) is 0 Å². The molecule has 0 saturated heterocycles. The first-order chi connectivity index (χ1) is 7.92. The largest absolute Gasteiger partial charge is 0.368 e. The third-order valence-corrected chi connectivity index (χ3v) is 2.53. The van der Waals surface area contributed by atoms with E-state index in [1.807, 2.05) is 24.3 Å². The maximum Gasteiger partial charge on any atom is 0.160 e. The quantitative estimate of drug-likeness (QED) is 0.780. The molecule has 0 aliphatic heterocycles. The van der Waals surface area contributed by atoms with Crippen molar-refractivity contribution in [3.8, 4) is 0 Å². The van der Waals surface area contributed by atoms with Gasteiger partial charge in [0.25, 0.3) is 0 Å². The molecule has 2 aromatic rings. The number of hydrogen-bond donors (Lipinski definition) is 1. The van der Waals surface area contributed by atoms with Crippen molar-refractivity contribution in [2.45, 2.75) is 26.2 Å². The van der Waals surface area contributed by atoms with Gasteiger partial charge in [-0.1, -0.05) is 31.9 Å². The molecule has 16 heavy (non-hydrogen) atoms. The van der Waals surface area contributed by atoms with Gasteiger partial charge in [-0.15, -0.1) is 10.2 Å². The third-order valence-electron chi connectivity index (χ3n) is 2.53. The normalized spacial score (nSPS) is 10.6. The second-order valence-electron chi connectivity index (χ2n) is 3.79. The molecule has 1 N–H and O–H groups in total. The van der Waals surface area contributed by atoms with Crippen LogP contribution in [0.3, 0.4) is 0 Å². The van der Waals surface area contributed by atoms with Gasteiger partial charge in [-0.05, 0) is 23.8 Å². The summed E-state index contributed by atoms with van der Waals surface area (Å²) >= 11 is 0. The lowest BCUT2D eigenvalue weighted by Crippen LogP contribution is -2.05. The Morgan fingerprint density at radius 3 is 2.88 bits per heavy atom. The average molecular weight is 216 g/mol. The van der Waals surface area contributed by atoms with Crippen molar-refractivity contribution < 1.29 is 0 Å². The van der Waals surface area contributed by atoms with Crippen molar-refractivity contribution in [3.63, 3.8) is 0 Å². The fourth-order valence-corrected chi connectivity index (χ4v) is 1.64. The average Bonchev–Trinajstić information content (AvgIpc) is 2.35. The van der Waals surface area contributed by atoms with Gasteiger partial charge < -0.3 is 5.32 Å². The Bertz CT molecular complexity index is 450. The Balaban J connectivity index is 2.11. The molecule has 0 spiro atoms. The molecule has 0 amide bonds. The third kappa shape index (κ3) is 2.45. The van der Waals surface area contributed by atoms with E-state index in [1.165, 1.54) is 12.8 Å². The summed E-state index contributed by atoms with van der Waals surface area (Å²) in [4.78, 5) is 0. The first-order valence-electron chi connectivity index (χ1n) is 5.74. The highest BCUT2D eigenvalue weighted by atomic mass is 15.3. The van der Waals surface area contributed by atoms with Crippen molar-refractivity contribution in [2.24, 2.45) is 0 Å². The van der Waals surface area contributed by atoms with E-state index in [0.29, 0.717) is 0 Å². The van der Waals surface area contributed by atoms with Crippen LogP contribution in [0.5, 0.6) is 0 Å². The van der Waals surface area contributed by atoms with Gasteiger partial charge in [0.1, 0.15) is 0 Å². The van der Waals surface area contributed by atoms with E-state index in [1.54, 1.807) is 0 Å². The number of rotatable bonds is 5. The van der Waals surface area contributed by atoms with Gasteiger partial charge in [0.2, 0.25) is 0 Å².